The van der Waals surface area contributed by atoms with Crippen LogP contribution in [0.1, 0.15) is 62.2 Å². The topological polar surface area (TPSA) is 98.0 Å². The molecule has 3 aromatic rings. The molecule has 5 rings (SSSR count). The van der Waals surface area contributed by atoms with Gasteiger partial charge in [0.2, 0.25) is 10.0 Å². The van der Waals surface area contributed by atoms with Crippen LogP contribution < -0.4 is 0 Å². The Balaban J connectivity index is 1.16. The molecule has 1 fully saturated rings. The van der Waals surface area contributed by atoms with E-state index in [9.17, 15) is 8.42 Å². The van der Waals surface area contributed by atoms with E-state index in [-0.39, 0.29) is 13.1 Å². The molecule has 37 heavy (non-hydrogen) atoms. The van der Waals surface area contributed by atoms with E-state index in [0.717, 1.165) is 18.4 Å². The van der Waals surface area contributed by atoms with Gasteiger partial charge in [-0.15, -0.1) is 0 Å². The third-order valence-corrected chi connectivity index (χ3v) is 9.64. The van der Waals surface area contributed by atoms with Crippen molar-refractivity contribution >= 4 is 10.0 Å². The molecule has 0 spiro atoms. The van der Waals surface area contributed by atoms with Gasteiger partial charge in [-0.2, -0.15) is 4.31 Å². The SMILES string of the molecule is O=S(=O)(c1ccc(CCC2CCC(N3CCC=CCC3)CC2)cc1)N(Cc1ncc[nH]1)Cc1ncc[nH]1. The van der Waals surface area contributed by atoms with Crippen LogP contribution in [0.2, 0.25) is 0 Å². The van der Waals surface area contributed by atoms with Gasteiger partial charge in [0, 0.05) is 43.9 Å². The fourth-order valence-electron chi connectivity index (χ4n) is 5.67. The van der Waals surface area contributed by atoms with Gasteiger partial charge in [-0.3, -0.25) is 4.90 Å². The molecule has 2 aliphatic rings. The highest BCUT2D eigenvalue weighted by atomic mass is 32.2. The summed E-state index contributed by atoms with van der Waals surface area (Å²) in [5.41, 5.74) is 1.20. The lowest BCUT2D eigenvalue weighted by molar-refractivity contribution is 0.139. The molecular formula is C28H38N6O2S. The first-order valence-corrected chi connectivity index (χ1v) is 15.0. The number of aryl methyl sites for hydroxylation is 1. The van der Waals surface area contributed by atoms with E-state index in [1.54, 1.807) is 36.9 Å². The summed E-state index contributed by atoms with van der Waals surface area (Å²) in [4.78, 5) is 17.4. The van der Waals surface area contributed by atoms with Gasteiger partial charge in [0.1, 0.15) is 11.6 Å². The van der Waals surface area contributed by atoms with E-state index in [0.29, 0.717) is 16.5 Å². The van der Waals surface area contributed by atoms with E-state index < -0.39 is 10.0 Å². The Morgan fingerprint density at radius 2 is 1.46 bits per heavy atom. The van der Waals surface area contributed by atoms with Crippen molar-refractivity contribution in [1.29, 1.82) is 0 Å². The molecule has 1 aromatic carbocycles. The first kappa shape index (κ1) is 25.9. The molecule has 9 heteroatoms. The molecule has 198 valence electrons. The number of imidazole rings is 2. The molecular weight excluding hydrogens is 484 g/mol. The normalized spacial score (nSPS) is 21.3. The number of aromatic nitrogens is 4. The van der Waals surface area contributed by atoms with Gasteiger partial charge in [-0.1, -0.05) is 24.3 Å². The molecule has 0 unspecified atom stereocenters. The van der Waals surface area contributed by atoms with E-state index in [1.165, 1.54) is 67.9 Å². The molecule has 0 radical (unpaired) electrons. The van der Waals surface area contributed by atoms with Gasteiger partial charge < -0.3 is 9.97 Å². The monoisotopic (exact) mass is 522 g/mol. The minimum absolute atomic E-state index is 0.147. The van der Waals surface area contributed by atoms with Crippen LogP contribution in [-0.2, 0) is 29.5 Å². The van der Waals surface area contributed by atoms with E-state index in [2.05, 4.69) is 37.0 Å². The summed E-state index contributed by atoms with van der Waals surface area (Å²) in [6.45, 7) is 2.71. The van der Waals surface area contributed by atoms with Gasteiger partial charge >= 0.3 is 0 Å². The van der Waals surface area contributed by atoms with Crippen molar-refractivity contribution in [2.45, 2.75) is 75.4 Å². The van der Waals surface area contributed by atoms with Gasteiger partial charge in [0.25, 0.3) is 0 Å². The lowest BCUT2D eigenvalue weighted by Crippen LogP contribution is -2.38. The predicted molar refractivity (Wildman–Crippen MR) is 144 cm³/mol. The molecule has 1 aliphatic carbocycles. The molecule has 2 aromatic heterocycles. The fraction of sp³-hybridized carbons (Fsp3) is 0.500. The van der Waals surface area contributed by atoms with Crippen LogP contribution in [0.3, 0.4) is 0 Å². The van der Waals surface area contributed by atoms with Crippen molar-refractivity contribution in [3.8, 4) is 0 Å². The number of rotatable bonds is 10. The smallest absolute Gasteiger partial charge is 0.243 e. The average molecular weight is 523 g/mol. The number of benzene rings is 1. The summed E-state index contributed by atoms with van der Waals surface area (Å²) in [6.07, 6.45) is 21.1. The fourth-order valence-corrected chi connectivity index (χ4v) is 7.03. The van der Waals surface area contributed by atoms with Crippen LogP contribution in [-0.4, -0.2) is 56.7 Å². The lowest BCUT2D eigenvalue weighted by Gasteiger charge is -2.36. The Morgan fingerprint density at radius 1 is 0.865 bits per heavy atom. The number of sulfonamides is 1. The van der Waals surface area contributed by atoms with Crippen molar-refractivity contribution in [2.24, 2.45) is 5.92 Å². The standard InChI is InChI=1S/C28H38N6O2S/c35-37(36,34(21-27-29-15-16-30-27)22-28-31-17-18-32-28)26-13-9-24(10-14-26)6-5-23-7-11-25(12-8-23)33-19-3-1-2-4-20-33/h1-2,9-10,13-18,23,25H,3-8,11-12,19-22H2,(H,29,30)(H,31,32). The van der Waals surface area contributed by atoms with Crippen LogP contribution in [0.5, 0.6) is 0 Å². The zero-order valence-electron chi connectivity index (χ0n) is 21.4. The van der Waals surface area contributed by atoms with Crippen molar-refractivity contribution < 1.29 is 8.42 Å². The zero-order valence-corrected chi connectivity index (χ0v) is 22.2. The second-order valence-corrected chi connectivity index (χ2v) is 12.2. The summed E-state index contributed by atoms with van der Waals surface area (Å²) in [5, 5.41) is 0. The minimum Gasteiger partial charge on any atom is -0.347 e. The molecule has 2 N–H and O–H groups in total. The number of hydrogen-bond donors (Lipinski definition) is 2. The van der Waals surface area contributed by atoms with Crippen molar-refractivity contribution in [2.75, 3.05) is 13.1 Å². The molecule has 0 atom stereocenters. The maximum atomic E-state index is 13.5. The average Bonchev–Trinajstić information content (AvgIpc) is 3.57. The Labute approximate surface area is 220 Å². The highest BCUT2D eigenvalue weighted by Crippen LogP contribution is 2.31. The number of nitrogens with zero attached hydrogens (tertiary/aromatic N) is 4. The predicted octanol–water partition coefficient (Wildman–Crippen LogP) is 4.67. The van der Waals surface area contributed by atoms with Crippen LogP contribution in [0.25, 0.3) is 0 Å². The second kappa shape index (κ2) is 12.2. The van der Waals surface area contributed by atoms with Crippen molar-refractivity contribution in [3.63, 3.8) is 0 Å². The number of hydrogen-bond acceptors (Lipinski definition) is 5. The summed E-state index contributed by atoms with van der Waals surface area (Å²) in [6, 6.07) is 8.19. The van der Waals surface area contributed by atoms with Gasteiger partial charge in [0.05, 0.1) is 18.0 Å². The summed E-state index contributed by atoms with van der Waals surface area (Å²) < 4.78 is 28.4. The van der Waals surface area contributed by atoms with Crippen molar-refractivity contribution in [3.05, 3.63) is 78.4 Å². The van der Waals surface area contributed by atoms with Crippen LogP contribution in [0, 0.1) is 5.92 Å². The third kappa shape index (κ3) is 6.77. The molecule has 0 saturated heterocycles. The zero-order chi connectivity index (χ0) is 25.5. The Bertz CT molecular complexity index is 1170. The van der Waals surface area contributed by atoms with Crippen LogP contribution in [0.4, 0.5) is 0 Å². The maximum absolute atomic E-state index is 13.5. The van der Waals surface area contributed by atoms with Crippen LogP contribution >= 0.6 is 0 Å². The maximum Gasteiger partial charge on any atom is 0.243 e. The van der Waals surface area contributed by atoms with Gasteiger partial charge in [0.15, 0.2) is 0 Å². The quantitative estimate of drug-likeness (QED) is 0.377. The number of nitrogens with one attached hydrogen (secondary N) is 2. The number of H-pyrrole nitrogens is 2. The van der Waals surface area contributed by atoms with Crippen molar-refractivity contribution in [1.82, 2.24) is 29.1 Å². The number of aromatic amines is 2. The first-order valence-electron chi connectivity index (χ1n) is 13.5. The van der Waals surface area contributed by atoms with E-state index in [1.807, 2.05) is 12.1 Å². The minimum atomic E-state index is -3.72. The first-order chi connectivity index (χ1) is 18.1. The highest BCUT2D eigenvalue weighted by Gasteiger charge is 2.27. The van der Waals surface area contributed by atoms with E-state index >= 15 is 0 Å². The molecule has 8 nitrogen and oxygen atoms in total. The lowest BCUT2D eigenvalue weighted by atomic mass is 9.82. The Morgan fingerprint density at radius 3 is 2.00 bits per heavy atom. The summed E-state index contributed by atoms with van der Waals surface area (Å²) in [7, 11) is -3.72. The molecule has 1 aliphatic heterocycles. The second-order valence-electron chi connectivity index (χ2n) is 10.3. The van der Waals surface area contributed by atoms with Crippen LogP contribution in [0.15, 0.2) is 66.1 Å². The third-order valence-electron chi connectivity index (χ3n) is 7.83. The van der Waals surface area contributed by atoms with Gasteiger partial charge in [-0.25, -0.2) is 18.4 Å². The summed E-state index contributed by atoms with van der Waals surface area (Å²) in [5.74, 6) is 1.95. The largest absolute Gasteiger partial charge is 0.347 e. The Hall–Kier alpha value is -2.75. The molecule has 0 amide bonds. The summed E-state index contributed by atoms with van der Waals surface area (Å²) >= 11 is 0. The molecule has 3 heterocycles. The highest BCUT2D eigenvalue weighted by molar-refractivity contribution is 7.89. The molecule has 1 saturated carbocycles. The Kier molecular flexibility index (Phi) is 8.53. The van der Waals surface area contributed by atoms with E-state index in [4.69, 9.17) is 0 Å². The molecule has 0 bridgehead atoms. The van der Waals surface area contributed by atoms with Gasteiger partial charge in [-0.05, 0) is 75.0 Å².